The molecular weight excluding hydrogens is 430 g/mol. The van der Waals surface area contributed by atoms with E-state index in [1.54, 1.807) is 18.2 Å². The molecule has 0 bridgehead atoms. The lowest BCUT2D eigenvalue weighted by molar-refractivity contribution is 0.0392. The number of hydrogen-bond donors (Lipinski definition) is 0. The number of hydrogen-bond acceptors (Lipinski definition) is 6. The molecule has 27 heavy (non-hydrogen) atoms. The number of morpholine rings is 1. The molecule has 6 nitrogen and oxygen atoms in total. The average molecular weight is 448 g/mol. The number of anilines is 1. The van der Waals surface area contributed by atoms with Gasteiger partial charge in [-0.05, 0) is 29.8 Å². The molecule has 1 aromatic heterocycles. The van der Waals surface area contributed by atoms with E-state index in [4.69, 9.17) is 4.74 Å². The quantitative estimate of drug-likeness (QED) is 0.612. The summed E-state index contributed by atoms with van der Waals surface area (Å²) in [5, 5.41) is 0.730. The van der Waals surface area contributed by atoms with Crippen molar-refractivity contribution in [3.05, 3.63) is 58.8 Å². The molecule has 1 fully saturated rings. The number of ether oxygens (including phenoxy) is 1. The molecule has 0 radical (unpaired) electrons. The zero-order valence-electron chi connectivity index (χ0n) is 14.7. The van der Waals surface area contributed by atoms with Gasteiger partial charge < -0.3 is 9.64 Å². The van der Waals surface area contributed by atoms with Crippen molar-refractivity contribution < 1.29 is 13.2 Å². The minimum atomic E-state index is -3.31. The second-order valence-corrected chi connectivity index (χ2v) is 9.35. The molecule has 1 atom stereocenters. The summed E-state index contributed by atoms with van der Waals surface area (Å²) in [7, 11) is -3.31. The van der Waals surface area contributed by atoms with Gasteiger partial charge in [0.05, 0.1) is 17.0 Å². The van der Waals surface area contributed by atoms with Crippen LogP contribution in [0.25, 0.3) is 10.9 Å². The van der Waals surface area contributed by atoms with Gasteiger partial charge in [0, 0.05) is 29.2 Å². The lowest BCUT2D eigenvalue weighted by atomic mass is 10.1. The number of aromatic nitrogens is 2. The first-order valence-corrected chi connectivity index (χ1v) is 11.2. The van der Waals surface area contributed by atoms with Gasteiger partial charge in [-0.25, -0.2) is 18.4 Å². The van der Waals surface area contributed by atoms with Crippen LogP contribution in [0.15, 0.2) is 58.2 Å². The van der Waals surface area contributed by atoms with E-state index in [2.05, 4.69) is 30.8 Å². The van der Waals surface area contributed by atoms with Gasteiger partial charge in [-0.15, -0.1) is 0 Å². The highest BCUT2D eigenvalue weighted by atomic mass is 79.9. The molecule has 2 heterocycles. The summed E-state index contributed by atoms with van der Waals surface area (Å²) in [5.41, 5.74) is 1.80. The Kier molecular flexibility index (Phi) is 4.88. The first-order valence-electron chi connectivity index (χ1n) is 8.49. The van der Waals surface area contributed by atoms with Crippen molar-refractivity contribution in [2.75, 3.05) is 30.9 Å². The van der Waals surface area contributed by atoms with Crippen molar-refractivity contribution >= 4 is 42.5 Å². The van der Waals surface area contributed by atoms with Crippen LogP contribution in [0, 0.1) is 0 Å². The van der Waals surface area contributed by atoms with E-state index in [-0.39, 0.29) is 11.0 Å². The Hall–Kier alpha value is -2.03. The predicted octanol–water partition coefficient (Wildman–Crippen LogP) is 3.37. The SMILES string of the molecule is CS(=O)(=O)c1ccc2ncnc(N3CCOC(c4ccccc4Br)C3)c2c1. The van der Waals surface area contributed by atoms with E-state index in [0.29, 0.717) is 19.7 Å². The van der Waals surface area contributed by atoms with Crippen LogP contribution in [0.2, 0.25) is 0 Å². The molecule has 1 aliphatic rings. The third-order valence-corrected chi connectivity index (χ3v) is 6.46. The molecule has 0 saturated carbocycles. The summed E-state index contributed by atoms with van der Waals surface area (Å²) < 4.78 is 30.9. The summed E-state index contributed by atoms with van der Waals surface area (Å²) in [4.78, 5) is 11.1. The lowest BCUT2D eigenvalue weighted by Crippen LogP contribution is -2.39. The normalized spacial score (nSPS) is 18.0. The van der Waals surface area contributed by atoms with Crippen LogP contribution >= 0.6 is 15.9 Å². The van der Waals surface area contributed by atoms with Gasteiger partial charge in [-0.1, -0.05) is 34.1 Å². The summed E-state index contributed by atoms with van der Waals surface area (Å²) >= 11 is 3.59. The van der Waals surface area contributed by atoms with Gasteiger partial charge in [0.25, 0.3) is 0 Å². The number of sulfone groups is 1. The number of rotatable bonds is 3. The molecule has 0 spiro atoms. The summed E-state index contributed by atoms with van der Waals surface area (Å²) in [6, 6.07) is 13.0. The third-order valence-electron chi connectivity index (χ3n) is 4.63. The largest absolute Gasteiger partial charge is 0.370 e. The standard InChI is InChI=1S/C19H18BrN3O3S/c1-27(24,25)13-6-7-17-15(10-13)19(22-12-21-17)23-8-9-26-18(11-23)14-4-2-3-5-16(14)20/h2-7,10,12,18H,8-9,11H2,1H3. The second-order valence-electron chi connectivity index (χ2n) is 6.48. The van der Waals surface area contributed by atoms with E-state index in [0.717, 1.165) is 26.8 Å². The first kappa shape index (κ1) is 18.3. The minimum Gasteiger partial charge on any atom is -0.370 e. The van der Waals surface area contributed by atoms with Crippen LogP contribution in [0.3, 0.4) is 0 Å². The maximum Gasteiger partial charge on any atom is 0.175 e. The fourth-order valence-electron chi connectivity index (χ4n) is 3.27. The monoisotopic (exact) mass is 447 g/mol. The highest BCUT2D eigenvalue weighted by Crippen LogP contribution is 2.32. The molecule has 1 unspecified atom stereocenters. The Morgan fingerprint density at radius 1 is 1.19 bits per heavy atom. The van der Waals surface area contributed by atoms with Crippen LogP contribution < -0.4 is 4.90 Å². The average Bonchev–Trinajstić information content (AvgIpc) is 2.67. The molecular formula is C19H18BrN3O3S. The van der Waals surface area contributed by atoms with Gasteiger partial charge in [-0.2, -0.15) is 0 Å². The van der Waals surface area contributed by atoms with Crippen molar-refractivity contribution in [1.82, 2.24) is 9.97 Å². The van der Waals surface area contributed by atoms with E-state index in [9.17, 15) is 8.42 Å². The highest BCUT2D eigenvalue weighted by molar-refractivity contribution is 9.10. The van der Waals surface area contributed by atoms with Crippen molar-refractivity contribution in [1.29, 1.82) is 0 Å². The Labute approximate surface area is 166 Å². The summed E-state index contributed by atoms with van der Waals surface area (Å²) in [6.07, 6.45) is 2.62. The number of halogens is 1. The summed E-state index contributed by atoms with van der Waals surface area (Å²) in [5.74, 6) is 0.728. The minimum absolute atomic E-state index is 0.0996. The summed E-state index contributed by atoms with van der Waals surface area (Å²) in [6.45, 7) is 1.86. The molecule has 140 valence electrons. The Morgan fingerprint density at radius 2 is 2.00 bits per heavy atom. The topological polar surface area (TPSA) is 72.4 Å². The van der Waals surface area contributed by atoms with Crippen LogP contribution in [0.4, 0.5) is 5.82 Å². The van der Waals surface area contributed by atoms with E-state index >= 15 is 0 Å². The van der Waals surface area contributed by atoms with Crippen molar-refractivity contribution in [2.24, 2.45) is 0 Å². The molecule has 3 aromatic rings. The molecule has 8 heteroatoms. The van der Waals surface area contributed by atoms with Crippen LogP contribution in [0.5, 0.6) is 0 Å². The highest BCUT2D eigenvalue weighted by Gasteiger charge is 2.26. The zero-order chi connectivity index (χ0) is 19.0. The smallest absolute Gasteiger partial charge is 0.175 e. The Morgan fingerprint density at radius 3 is 2.78 bits per heavy atom. The Bertz CT molecular complexity index is 1100. The Balaban J connectivity index is 1.74. The van der Waals surface area contributed by atoms with Gasteiger partial charge in [-0.3, -0.25) is 0 Å². The molecule has 0 aliphatic carbocycles. The van der Waals surface area contributed by atoms with E-state index in [1.807, 2.05) is 24.3 Å². The van der Waals surface area contributed by atoms with Gasteiger partial charge in [0.1, 0.15) is 18.2 Å². The van der Waals surface area contributed by atoms with Crippen molar-refractivity contribution in [2.45, 2.75) is 11.0 Å². The van der Waals surface area contributed by atoms with Crippen LogP contribution in [-0.2, 0) is 14.6 Å². The van der Waals surface area contributed by atoms with Crippen LogP contribution in [-0.4, -0.2) is 44.3 Å². The van der Waals surface area contributed by atoms with Crippen molar-refractivity contribution in [3.63, 3.8) is 0 Å². The fraction of sp³-hybridized carbons (Fsp3) is 0.263. The third kappa shape index (κ3) is 3.69. The first-order chi connectivity index (χ1) is 12.9. The number of nitrogens with zero attached hydrogens (tertiary/aromatic N) is 3. The maximum absolute atomic E-state index is 12.0. The number of benzene rings is 2. The van der Waals surface area contributed by atoms with E-state index < -0.39 is 9.84 Å². The molecule has 0 N–H and O–H groups in total. The molecule has 2 aromatic carbocycles. The van der Waals surface area contributed by atoms with Crippen molar-refractivity contribution in [3.8, 4) is 0 Å². The number of fused-ring (bicyclic) bond motifs is 1. The zero-order valence-corrected chi connectivity index (χ0v) is 17.1. The second kappa shape index (κ2) is 7.18. The van der Waals surface area contributed by atoms with Gasteiger partial charge >= 0.3 is 0 Å². The molecule has 4 rings (SSSR count). The van der Waals surface area contributed by atoms with Crippen LogP contribution in [0.1, 0.15) is 11.7 Å². The van der Waals surface area contributed by atoms with Gasteiger partial charge in [0.2, 0.25) is 0 Å². The molecule has 1 saturated heterocycles. The maximum atomic E-state index is 12.0. The predicted molar refractivity (Wildman–Crippen MR) is 108 cm³/mol. The fourth-order valence-corrected chi connectivity index (χ4v) is 4.46. The molecule has 1 aliphatic heterocycles. The molecule has 0 amide bonds. The lowest BCUT2D eigenvalue weighted by Gasteiger charge is -2.34. The van der Waals surface area contributed by atoms with Gasteiger partial charge in [0.15, 0.2) is 9.84 Å². The van der Waals surface area contributed by atoms with E-state index in [1.165, 1.54) is 12.6 Å².